The largest absolute Gasteiger partial charge is 0.452 e. The number of carbonyl (C=O) groups is 2. The van der Waals surface area contributed by atoms with Crippen molar-refractivity contribution in [2.24, 2.45) is 0 Å². The molecule has 0 unspecified atom stereocenters. The normalized spacial score (nSPS) is 13.8. The molecule has 1 N–H and O–H groups in total. The number of nitrogens with one attached hydrogen (secondary N) is 1. The summed E-state index contributed by atoms with van der Waals surface area (Å²) < 4.78 is 45.0. The van der Waals surface area contributed by atoms with Crippen molar-refractivity contribution < 1.29 is 27.5 Å². The van der Waals surface area contributed by atoms with Crippen LogP contribution in [0.4, 0.5) is 18.9 Å². The Hall–Kier alpha value is -3.13. The smallest absolute Gasteiger partial charge is 0.418 e. The standard InChI is InChI=1S/C24H20ClF3N2O3/c25-17-10-6-9-16(24(26,27)28)22(17)30-20(31)13-33-23(32)21-14-7-2-1-3-11-18(14)29-19-12-5-4-8-15(19)21/h4-6,8-10,12H,1-3,7,11,13H2,(H,30,31). The van der Waals surface area contributed by atoms with Gasteiger partial charge in [-0.05, 0) is 49.4 Å². The molecule has 1 aliphatic carbocycles. The quantitative estimate of drug-likeness (QED) is 0.372. The van der Waals surface area contributed by atoms with E-state index < -0.39 is 35.9 Å². The number of amides is 1. The predicted octanol–water partition coefficient (Wildman–Crippen LogP) is 5.97. The minimum absolute atomic E-state index is 0.269. The van der Waals surface area contributed by atoms with E-state index in [1.54, 1.807) is 18.2 Å². The van der Waals surface area contributed by atoms with Crippen LogP contribution < -0.4 is 5.32 Å². The van der Waals surface area contributed by atoms with Crippen molar-refractivity contribution in [1.29, 1.82) is 0 Å². The Morgan fingerprint density at radius 3 is 2.58 bits per heavy atom. The molecule has 1 amide bonds. The first kappa shape index (κ1) is 23.0. The van der Waals surface area contributed by atoms with Crippen molar-refractivity contribution in [1.82, 2.24) is 4.98 Å². The van der Waals surface area contributed by atoms with Gasteiger partial charge in [-0.15, -0.1) is 0 Å². The van der Waals surface area contributed by atoms with Crippen LogP contribution in [0.3, 0.4) is 0 Å². The highest BCUT2D eigenvalue weighted by molar-refractivity contribution is 6.34. The van der Waals surface area contributed by atoms with Crippen molar-refractivity contribution in [3.05, 3.63) is 69.9 Å². The molecule has 1 heterocycles. The van der Waals surface area contributed by atoms with E-state index in [0.29, 0.717) is 22.9 Å². The minimum Gasteiger partial charge on any atom is -0.452 e. The molecule has 0 fully saturated rings. The highest BCUT2D eigenvalue weighted by atomic mass is 35.5. The zero-order valence-electron chi connectivity index (χ0n) is 17.5. The summed E-state index contributed by atoms with van der Waals surface area (Å²) in [6.07, 6.45) is -0.415. The molecular weight excluding hydrogens is 457 g/mol. The van der Waals surface area contributed by atoms with Crippen molar-refractivity contribution in [3.63, 3.8) is 0 Å². The van der Waals surface area contributed by atoms with E-state index >= 15 is 0 Å². The minimum atomic E-state index is -4.71. The van der Waals surface area contributed by atoms with Crippen LogP contribution in [-0.4, -0.2) is 23.5 Å². The van der Waals surface area contributed by atoms with E-state index in [9.17, 15) is 22.8 Å². The highest BCUT2D eigenvalue weighted by Gasteiger charge is 2.35. The van der Waals surface area contributed by atoms with Crippen LogP contribution in [-0.2, 0) is 28.5 Å². The molecule has 9 heteroatoms. The molecule has 1 aliphatic rings. The van der Waals surface area contributed by atoms with Crippen LogP contribution in [0.5, 0.6) is 0 Å². The average molecular weight is 477 g/mol. The van der Waals surface area contributed by atoms with E-state index in [-0.39, 0.29) is 5.02 Å². The predicted molar refractivity (Wildman–Crippen MR) is 118 cm³/mol. The zero-order valence-corrected chi connectivity index (χ0v) is 18.2. The van der Waals surface area contributed by atoms with Crippen molar-refractivity contribution in [3.8, 4) is 0 Å². The van der Waals surface area contributed by atoms with Gasteiger partial charge in [-0.1, -0.05) is 42.3 Å². The van der Waals surface area contributed by atoms with Crippen LogP contribution in [0.25, 0.3) is 10.9 Å². The summed E-state index contributed by atoms with van der Waals surface area (Å²) >= 11 is 5.87. The molecule has 0 radical (unpaired) electrons. The monoisotopic (exact) mass is 476 g/mol. The number of alkyl halides is 3. The van der Waals surface area contributed by atoms with Gasteiger partial charge in [0.25, 0.3) is 5.91 Å². The summed E-state index contributed by atoms with van der Waals surface area (Å²) in [5.74, 6) is -1.64. The Kier molecular flexibility index (Phi) is 6.56. The van der Waals surface area contributed by atoms with Gasteiger partial charge >= 0.3 is 12.1 Å². The van der Waals surface area contributed by atoms with Crippen molar-refractivity contribution in [2.75, 3.05) is 11.9 Å². The van der Waals surface area contributed by atoms with Crippen LogP contribution in [0.15, 0.2) is 42.5 Å². The second kappa shape index (κ2) is 9.39. The Bertz CT molecular complexity index is 1230. The van der Waals surface area contributed by atoms with Gasteiger partial charge < -0.3 is 10.1 Å². The Morgan fingerprint density at radius 1 is 1.03 bits per heavy atom. The molecule has 0 spiro atoms. The number of carbonyl (C=O) groups excluding carboxylic acids is 2. The lowest BCUT2D eigenvalue weighted by molar-refractivity contribution is -0.137. The maximum atomic E-state index is 13.3. The van der Waals surface area contributed by atoms with Crippen molar-refractivity contribution >= 4 is 40.1 Å². The SMILES string of the molecule is O=C(COC(=O)c1c2c(nc3ccccc13)CCCCC2)Nc1c(Cl)cccc1C(F)(F)F. The van der Waals surface area contributed by atoms with Gasteiger partial charge in [0.1, 0.15) is 0 Å². The summed E-state index contributed by atoms with van der Waals surface area (Å²) in [6.45, 7) is -0.757. The molecule has 33 heavy (non-hydrogen) atoms. The molecule has 3 aromatic rings. The second-order valence-corrected chi connectivity index (χ2v) is 8.18. The Balaban J connectivity index is 1.57. The lowest BCUT2D eigenvalue weighted by Gasteiger charge is -2.16. The number of benzene rings is 2. The molecule has 0 saturated heterocycles. The number of hydrogen-bond donors (Lipinski definition) is 1. The molecular formula is C24H20ClF3N2O3. The number of fused-ring (bicyclic) bond motifs is 2. The number of aryl methyl sites for hydroxylation is 1. The number of pyridine rings is 1. The van der Waals surface area contributed by atoms with E-state index in [1.807, 2.05) is 6.07 Å². The van der Waals surface area contributed by atoms with E-state index in [4.69, 9.17) is 21.3 Å². The maximum Gasteiger partial charge on any atom is 0.418 e. The van der Waals surface area contributed by atoms with E-state index in [0.717, 1.165) is 49.1 Å². The topological polar surface area (TPSA) is 68.3 Å². The number of nitrogens with zero attached hydrogens (tertiary/aromatic N) is 1. The molecule has 0 saturated carbocycles. The summed E-state index contributed by atoms with van der Waals surface area (Å²) in [5.41, 5.74) is 1.01. The number of halogens is 4. The van der Waals surface area contributed by atoms with Gasteiger partial charge in [0, 0.05) is 11.1 Å². The second-order valence-electron chi connectivity index (χ2n) is 7.77. The molecule has 0 bridgehead atoms. The first-order valence-electron chi connectivity index (χ1n) is 10.5. The first-order valence-corrected chi connectivity index (χ1v) is 10.9. The molecule has 172 valence electrons. The van der Waals surface area contributed by atoms with Gasteiger partial charge in [0.15, 0.2) is 6.61 Å². The van der Waals surface area contributed by atoms with Gasteiger partial charge in [-0.3, -0.25) is 9.78 Å². The molecule has 0 atom stereocenters. The number of para-hydroxylation sites is 2. The van der Waals surface area contributed by atoms with E-state index in [2.05, 4.69) is 5.32 Å². The fourth-order valence-electron chi connectivity index (χ4n) is 4.05. The molecule has 2 aromatic carbocycles. The summed E-state index contributed by atoms with van der Waals surface area (Å²) in [5, 5.41) is 2.47. The third-order valence-corrected chi connectivity index (χ3v) is 5.86. The lowest BCUT2D eigenvalue weighted by Crippen LogP contribution is -2.23. The molecule has 1 aromatic heterocycles. The van der Waals surface area contributed by atoms with Crippen LogP contribution >= 0.6 is 11.6 Å². The fraction of sp³-hybridized carbons (Fsp3) is 0.292. The maximum absolute atomic E-state index is 13.3. The zero-order chi connectivity index (χ0) is 23.6. The first-order chi connectivity index (χ1) is 15.8. The number of aromatic nitrogens is 1. The Morgan fingerprint density at radius 2 is 1.79 bits per heavy atom. The van der Waals surface area contributed by atoms with Gasteiger partial charge in [-0.2, -0.15) is 13.2 Å². The average Bonchev–Trinajstić information content (AvgIpc) is 3.01. The third kappa shape index (κ3) is 4.95. The number of anilines is 1. The number of rotatable bonds is 4. The highest BCUT2D eigenvalue weighted by Crippen LogP contribution is 2.38. The summed E-state index contributed by atoms with van der Waals surface area (Å²) in [6, 6.07) is 10.4. The van der Waals surface area contributed by atoms with Gasteiger partial charge in [0.2, 0.25) is 0 Å². The lowest BCUT2D eigenvalue weighted by atomic mass is 9.97. The summed E-state index contributed by atoms with van der Waals surface area (Å²) in [7, 11) is 0. The number of hydrogen-bond acceptors (Lipinski definition) is 4. The molecule has 0 aliphatic heterocycles. The van der Waals surface area contributed by atoms with Crippen LogP contribution in [0.2, 0.25) is 5.02 Å². The number of ether oxygens (including phenoxy) is 1. The van der Waals surface area contributed by atoms with Gasteiger partial charge in [-0.25, -0.2) is 4.79 Å². The van der Waals surface area contributed by atoms with Crippen molar-refractivity contribution in [2.45, 2.75) is 38.3 Å². The van der Waals surface area contributed by atoms with Crippen LogP contribution in [0.1, 0.15) is 46.4 Å². The number of esters is 1. The molecule has 4 rings (SSSR count). The van der Waals surface area contributed by atoms with Crippen LogP contribution in [0, 0.1) is 0 Å². The van der Waals surface area contributed by atoms with Gasteiger partial charge in [0.05, 0.1) is 27.4 Å². The summed E-state index contributed by atoms with van der Waals surface area (Å²) in [4.78, 5) is 30.1. The Labute approximate surface area is 192 Å². The third-order valence-electron chi connectivity index (χ3n) is 5.54. The fourth-order valence-corrected chi connectivity index (χ4v) is 4.27. The molecule has 5 nitrogen and oxygen atoms in total. The van der Waals surface area contributed by atoms with E-state index in [1.165, 1.54) is 6.07 Å².